The molecule has 0 aliphatic carbocycles. The van der Waals surface area contributed by atoms with Gasteiger partial charge in [0, 0.05) is 11.6 Å². The van der Waals surface area contributed by atoms with E-state index in [2.05, 4.69) is 30.6 Å². The standard InChI is InChI=1S/C27H28F3N5O5/c1-27(2,38)23(16-8-9-18(28)17(12-16)15-6-4-3-5-7-15)33-26(37)32-21-13-19-22(20(14-36)31-21)24(35-34-19)39-10-11-40-25(29)30/h3-9,12-13,23,25,36,38H,10-11,14H2,1-2H3,(H,34,35)(H2,31,32,33,37). The zero-order valence-electron chi connectivity index (χ0n) is 21.6. The first-order valence-corrected chi connectivity index (χ1v) is 12.2. The number of amides is 2. The molecule has 212 valence electrons. The fourth-order valence-electron chi connectivity index (χ4n) is 4.16. The summed E-state index contributed by atoms with van der Waals surface area (Å²) in [6, 6.07) is 13.0. The van der Waals surface area contributed by atoms with Crippen molar-refractivity contribution in [2.45, 2.75) is 38.7 Å². The number of aliphatic hydroxyl groups is 2. The second kappa shape index (κ2) is 12.3. The topological polar surface area (TPSA) is 142 Å². The van der Waals surface area contributed by atoms with Crippen molar-refractivity contribution in [1.82, 2.24) is 20.5 Å². The Labute approximate surface area is 227 Å². The molecule has 13 heteroatoms. The second-order valence-electron chi connectivity index (χ2n) is 9.33. The zero-order chi connectivity index (χ0) is 28.9. The Kier molecular flexibility index (Phi) is 8.87. The molecule has 4 rings (SSSR count). The van der Waals surface area contributed by atoms with E-state index < -0.39 is 36.7 Å². The summed E-state index contributed by atoms with van der Waals surface area (Å²) in [7, 11) is 0. The molecule has 5 N–H and O–H groups in total. The molecule has 2 aromatic carbocycles. The Morgan fingerprint density at radius 1 is 1.12 bits per heavy atom. The molecular formula is C27H28F3N5O5. The van der Waals surface area contributed by atoms with Crippen LogP contribution in [0, 0.1) is 5.82 Å². The van der Waals surface area contributed by atoms with Gasteiger partial charge in [-0.15, -0.1) is 5.10 Å². The Hall–Kier alpha value is -4.20. The maximum absolute atomic E-state index is 14.6. The number of urea groups is 1. The lowest BCUT2D eigenvalue weighted by molar-refractivity contribution is -0.133. The Morgan fingerprint density at radius 2 is 1.88 bits per heavy atom. The predicted octanol–water partition coefficient (Wildman–Crippen LogP) is 4.51. The van der Waals surface area contributed by atoms with Crippen molar-refractivity contribution in [3.05, 3.63) is 71.7 Å². The van der Waals surface area contributed by atoms with Crippen molar-refractivity contribution in [2.75, 3.05) is 18.5 Å². The monoisotopic (exact) mass is 559 g/mol. The molecule has 1 atom stereocenters. The summed E-state index contributed by atoms with van der Waals surface area (Å²) in [5, 5.41) is 32.9. The number of hydrogen-bond acceptors (Lipinski definition) is 7. The van der Waals surface area contributed by atoms with Gasteiger partial charge in [-0.25, -0.2) is 14.2 Å². The van der Waals surface area contributed by atoms with Crippen LogP contribution in [-0.2, 0) is 11.3 Å². The van der Waals surface area contributed by atoms with Crippen LogP contribution < -0.4 is 15.4 Å². The van der Waals surface area contributed by atoms with Gasteiger partial charge in [0.1, 0.15) is 18.2 Å². The van der Waals surface area contributed by atoms with Crippen LogP contribution in [-0.4, -0.2) is 56.9 Å². The number of hydrogen-bond donors (Lipinski definition) is 5. The van der Waals surface area contributed by atoms with E-state index in [-0.39, 0.29) is 30.6 Å². The normalized spacial score (nSPS) is 12.5. The van der Waals surface area contributed by atoms with E-state index in [9.17, 15) is 28.2 Å². The van der Waals surface area contributed by atoms with Gasteiger partial charge in [-0.3, -0.25) is 10.4 Å². The number of H-pyrrole nitrogens is 1. The molecule has 4 aromatic rings. The molecule has 10 nitrogen and oxygen atoms in total. The summed E-state index contributed by atoms with van der Waals surface area (Å²) in [4.78, 5) is 17.2. The molecule has 2 aromatic heterocycles. The highest BCUT2D eigenvalue weighted by Crippen LogP contribution is 2.32. The van der Waals surface area contributed by atoms with E-state index in [4.69, 9.17) is 4.74 Å². The average Bonchev–Trinajstić information content (AvgIpc) is 3.32. The van der Waals surface area contributed by atoms with Gasteiger partial charge in [0.05, 0.1) is 41.5 Å². The van der Waals surface area contributed by atoms with Crippen LogP contribution in [0.3, 0.4) is 0 Å². The third kappa shape index (κ3) is 6.86. The minimum Gasteiger partial charge on any atom is -0.474 e. The maximum Gasteiger partial charge on any atom is 0.345 e. The average molecular weight is 560 g/mol. The Balaban J connectivity index is 1.54. The highest BCUT2D eigenvalue weighted by molar-refractivity contribution is 5.93. The summed E-state index contributed by atoms with van der Waals surface area (Å²) >= 11 is 0. The van der Waals surface area contributed by atoms with Crippen LogP contribution in [0.15, 0.2) is 54.6 Å². The molecule has 0 saturated heterocycles. The molecule has 1 unspecified atom stereocenters. The summed E-state index contributed by atoms with van der Waals surface area (Å²) in [6.45, 7) is -1.05. The van der Waals surface area contributed by atoms with E-state index in [0.717, 1.165) is 0 Å². The first-order valence-electron chi connectivity index (χ1n) is 12.2. The lowest BCUT2D eigenvalue weighted by Gasteiger charge is -2.31. The minimum atomic E-state index is -2.93. The summed E-state index contributed by atoms with van der Waals surface area (Å²) in [5.74, 6) is -0.385. The van der Waals surface area contributed by atoms with E-state index in [1.165, 1.54) is 32.0 Å². The number of anilines is 1. The molecule has 0 fully saturated rings. The van der Waals surface area contributed by atoms with Gasteiger partial charge in [0.15, 0.2) is 0 Å². The molecule has 0 saturated carbocycles. The highest BCUT2D eigenvalue weighted by Gasteiger charge is 2.31. The van der Waals surface area contributed by atoms with E-state index in [1.807, 2.05) is 6.07 Å². The number of benzene rings is 2. The van der Waals surface area contributed by atoms with Crippen LogP contribution >= 0.6 is 0 Å². The number of carbonyl (C=O) groups is 1. The van der Waals surface area contributed by atoms with Gasteiger partial charge in [-0.2, -0.15) is 8.78 Å². The van der Waals surface area contributed by atoms with Gasteiger partial charge in [0.2, 0.25) is 5.88 Å². The number of fused-ring (bicyclic) bond motifs is 1. The van der Waals surface area contributed by atoms with Gasteiger partial charge in [0.25, 0.3) is 0 Å². The highest BCUT2D eigenvalue weighted by atomic mass is 19.3. The molecule has 0 bridgehead atoms. The van der Waals surface area contributed by atoms with Crippen LogP contribution in [0.1, 0.15) is 31.1 Å². The number of pyridine rings is 1. The molecule has 0 radical (unpaired) electrons. The number of nitrogens with one attached hydrogen (secondary N) is 3. The number of ether oxygens (including phenoxy) is 2. The fourth-order valence-corrected chi connectivity index (χ4v) is 4.16. The lowest BCUT2D eigenvalue weighted by atomic mass is 9.90. The SMILES string of the molecule is CC(C)(O)C(NC(=O)Nc1cc2[nH]nc(OCCOC(F)F)c2c(CO)n1)c1ccc(F)c(-c2ccccc2)c1. The Morgan fingerprint density at radius 3 is 2.55 bits per heavy atom. The van der Waals surface area contributed by atoms with Crippen molar-refractivity contribution in [3.8, 4) is 17.0 Å². The van der Waals surface area contributed by atoms with E-state index in [0.29, 0.717) is 27.6 Å². The summed E-state index contributed by atoms with van der Waals surface area (Å²) < 4.78 is 48.4. The maximum atomic E-state index is 14.6. The number of aromatic amines is 1. The van der Waals surface area contributed by atoms with E-state index in [1.54, 1.807) is 30.3 Å². The van der Waals surface area contributed by atoms with Crippen LogP contribution in [0.4, 0.5) is 23.8 Å². The molecular weight excluding hydrogens is 531 g/mol. The number of alkyl halides is 2. The van der Waals surface area contributed by atoms with Gasteiger partial charge in [-0.05, 0) is 37.1 Å². The summed E-state index contributed by atoms with van der Waals surface area (Å²) in [5.41, 5.74) is 0.432. The van der Waals surface area contributed by atoms with Crippen LogP contribution in [0.2, 0.25) is 0 Å². The van der Waals surface area contributed by atoms with Crippen LogP contribution in [0.5, 0.6) is 5.88 Å². The minimum absolute atomic E-state index is 0.0213. The van der Waals surface area contributed by atoms with Crippen LogP contribution in [0.25, 0.3) is 22.0 Å². The largest absolute Gasteiger partial charge is 0.474 e. The molecule has 40 heavy (non-hydrogen) atoms. The first-order chi connectivity index (χ1) is 19.1. The molecule has 0 spiro atoms. The fraction of sp³-hybridized carbons (Fsp3) is 0.296. The smallest absolute Gasteiger partial charge is 0.345 e. The molecule has 2 amide bonds. The number of halogens is 3. The molecule has 2 heterocycles. The zero-order valence-corrected chi connectivity index (χ0v) is 21.6. The number of aromatic nitrogens is 3. The third-order valence-electron chi connectivity index (χ3n) is 5.93. The predicted molar refractivity (Wildman–Crippen MR) is 140 cm³/mol. The lowest BCUT2D eigenvalue weighted by Crippen LogP contribution is -2.44. The number of nitrogens with zero attached hydrogens (tertiary/aromatic N) is 2. The van der Waals surface area contributed by atoms with Gasteiger partial charge < -0.3 is 25.0 Å². The van der Waals surface area contributed by atoms with E-state index >= 15 is 0 Å². The second-order valence-corrected chi connectivity index (χ2v) is 9.33. The van der Waals surface area contributed by atoms with Crippen molar-refractivity contribution in [1.29, 1.82) is 0 Å². The number of carbonyl (C=O) groups excluding carboxylic acids is 1. The van der Waals surface area contributed by atoms with Gasteiger partial charge >= 0.3 is 12.6 Å². The first kappa shape index (κ1) is 28.8. The Bertz CT molecular complexity index is 1460. The summed E-state index contributed by atoms with van der Waals surface area (Å²) in [6.07, 6.45) is 0. The quantitative estimate of drug-likeness (QED) is 0.170. The number of aliphatic hydroxyl groups excluding tert-OH is 1. The number of rotatable bonds is 11. The van der Waals surface area contributed by atoms with Gasteiger partial charge in [-0.1, -0.05) is 36.4 Å². The molecule has 0 aliphatic rings. The molecule has 0 aliphatic heterocycles. The van der Waals surface area contributed by atoms with Crippen molar-refractivity contribution < 1.29 is 37.7 Å². The van der Waals surface area contributed by atoms with Crippen molar-refractivity contribution in [2.24, 2.45) is 0 Å². The van der Waals surface area contributed by atoms with Crippen molar-refractivity contribution in [3.63, 3.8) is 0 Å². The van der Waals surface area contributed by atoms with Crippen molar-refractivity contribution >= 4 is 22.8 Å². The third-order valence-corrected chi connectivity index (χ3v) is 5.93.